The third-order valence-electron chi connectivity index (χ3n) is 3.80. The van der Waals surface area contributed by atoms with Crippen molar-refractivity contribution in [2.24, 2.45) is 0 Å². The fraction of sp³-hybridized carbons (Fsp3) is 0.111. The fourth-order valence-electron chi connectivity index (χ4n) is 2.70. The number of fused-ring (bicyclic) bond motifs is 2. The van der Waals surface area contributed by atoms with Crippen LogP contribution in [0.1, 0.15) is 0 Å². The van der Waals surface area contributed by atoms with E-state index < -0.39 is 6.67 Å². The van der Waals surface area contributed by atoms with E-state index in [0.29, 0.717) is 15.4 Å². The number of thioether (sulfide) groups is 1. The summed E-state index contributed by atoms with van der Waals surface area (Å²) in [5.74, 6) is 0.289. The summed E-state index contributed by atoms with van der Waals surface area (Å²) in [7, 11) is 0. The molecule has 0 atom stereocenters. The fourth-order valence-corrected chi connectivity index (χ4v) is 4.30. The number of H-pyrrole nitrogens is 1. The van der Waals surface area contributed by atoms with Gasteiger partial charge in [-0.05, 0) is 22.4 Å². The van der Waals surface area contributed by atoms with Gasteiger partial charge in [0.2, 0.25) is 0 Å². The molecule has 0 saturated carbocycles. The molecule has 0 fully saturated rings. The van der Waals surface area contributed by atoms with Crippen molar-refractivity contribution in [3.8, 4) is 11.1 Å². The van der Waals surface area contributed by atoms with Gasteiger partial charge < -0.3 is 4.98 Å². The lowest BCUT2D eigenvalue weighted by Crippen LogP contribution is -2.08. The van der Waals surface area contributed by atoms with Crippen LogP contribution in [0.5, 0.6) is 0 Å². The molecule has 2 aromatic carbocycles. The molecule has 0 unspecified atom stereocenters. The van der Waals surface area contributed by atoms with Crippen LogP contribution in [-0.2, 0) is 0 Å². The summed E-state index contributed by atoms with van der Waals surface area (Å²) in [5.41, 5.74) is 1.71. The number of nitrogens with zero attached hydrogens (tertiary/aromatic N) is 1. The highest BCUT2D eigenvalue weighted by molar-refractivity contribution is 7.99. The molecule has 6 heteroatoms. The molecule has 120 valence electrons. The Morgan fingerprint density at radius 3 is 2.83 bits per heavy atom. The normalized spacial score (nSPS) is 11.4. The lowest BCUT2D eigenvalue weighted by molar-refractivity contribution is 0.532. The van der Waals surface area contributed by atoms with Crippen molar-refractivity contribution in [3.63, 3.8) is 0 Å². The second-order valence-corrected chi connectivity index (χ2v) is 7.24. The second-order valence-electron chi connectivity index (χ2n) is 5.30. The molecule has 4 aromatic rings. The summed E-state index contributed by atoms with van der Waals surface area (Å²) < 4.78 is 12.3. The van der Waals surface area contributed by atoms with Crippen LogP contribution in [0.2, 0.25) is 0 Å². The Labute approximate surface area is 145 Å². The lowest BCUT2D eigenvalue weighted by Gasteiger charge is -2.03. The summed E-state index contributed by atoms with van der Waals surface area (Å²) in [6.07, 6.45) is 0. The largest absolute Gasteiger partial charge is 0.301 e. The van der Waals surface area contributed by atoms with E-state index in [2.05, 4.69) is 34.2 Å². The second kappa shape index (κ2) is 6.37. The minimum atomic E-state index is -0.445. The Balaban J connectivity index is 1.85. The van der Waals surface area contributed by atoms with Crippen LogP contribution in [0.3, 0.4) is 0 Å². The molecule has 0 amide bonds. The van der Waals surface area contributed by atoms with Crippen LogP contribution < -0.4 is 5.56 Å². The molecular formula is C18H13FN2OS2. The molecule has 0 aliphatic heterocycles. The van der Waals surface area contributed by atoms with Crippen LogP contribution in [0.25, 0.3) is 32.1 Å². The van der Waals surface area contributed by atoms with E-state index in [1.165, 1.54) is 23.1 Å². The zero-order chi connectivity index (χ0) is 16.5. The number of benzene rings is 2. The van der Waals surface area contributed by atoms with Gasteiger partial charge in [-0.15, -0.1) is 11.3 Å². The van der Waals surface area contributed by atoms with E-state index in [1.807, 2.05) is 23.6 Å². The maximum atomic E-state index is 12.5. The Hall–Kier alpha value is -2.18. The molecule has 4 rings (SSSR count). The topological polar surface area (TPSA) is 45.8 Å². The maximum absolute atomic E-state index is 12.5. The van der Waals surface area contributed by atoms with Crippen molar-refractivity contribution in [2.45, 2.75) is 5.16 Å². The molecule has 2 heterocycles. The smallest absolute Gasteiger partial charge is 0.260 e. The molecular weight excluding hydrogens is 343 g/mol. The van der Waals surface area contributed by atoms with Crippen LogP contribution in [-0.4, -0.2) is 22.4 Å². The van der Waals surface area contributed by atoms with Crippen molar-refractivity contribution in [1.82, 2.24) is 9.97 Å². The number of hydrogen-bond acceptors (Lipinski definition) is 4. The number of hydrogen-bond donors (Lipinski definition) is 1. The van der Waals surface area contributed by atoms with Crippen molar-refractivity contribution in [1.29, 1.82) is 0 Å². The number of thiophene rings is 1. The zero-order valence-electron chi connectivity index (χ0n) is 12.6. The molecule has 24 heavy (non-hydrogen) atoms. The zero-order valence-corrected chi connectivity index (χ0v) is 14.2. The predicted molar refractivity (Wildman–Crippen MR) is 99.9 cm³/mol. The number of rotatable bonds is 4. The number of aromatic amines is 1. The van der Waals surface area contributed by atoms with Crippen LogP contribution in [0.15, 0.2) is 57.8 Å². The minimum absolute atomic E-state index is 0.175. The quantitative estimate of drug-likeness (QED) is 0.419. The molecule has 0 saturated heterocycles. The highest BCUT2D eigenvalue weighted by Gasteiger charge is 2.13. The van der Waals surface area contributed by atoms with Gasteiger partial charge in [0.25, 0.3) is 5.56 Å². The highest BCUT2D eigenvalue weighted by atomic mass is 32.2. The third-order valence-corrected chi connectivity index (χ3v) is 5.50. The van der Waals surface area contributed by atoms with Gasteiger partial charge in [0.15, 0.2) is 5.16 Å². The first kappa shape index (κ1) is 15.4. The molecule has 0 aliphatic rings. The van der Waals surface area contributed by atoms with Gasteiger partial charge >= 0.3 is 0 Å². The lowest BCUT2D eigenvalue weighted by atomic mass is 10.0. The van der Waals surface area contributed by atoms with Crippen molar-refractivity contribution in [2.75, 3.05) is 12.4 Å². The Kier molecular flexibility index (Phi) is 4.08. The number of halogens is 1. The summed E-state index contributed by atoms with van der Waals surface area (Å²) in [4.78, 5) is 20.4. The van der Waals surface area contributed by atoms with Gasteiger partial charge in [-0.3, -0.25) is 9.18 Å². The summed E-state index contributed by atoms with van der Waals surface area (Å²) >= 11 is 2.66. The minimum Gasteiger partial charge on any atom is -0.301 e. The van der Waals surface area contributed by atoms with Crippen molar-refractivity contribution in [3.05, 3.63) is 58.2 Å². The molecule has 2 aromatic heterocycles. The van der Waals surface area contributed by atoms with Crippen LogP contribution in [0.4, 0.5) is 4.39 Å². The first-order valence-corrected chi connectivity index (χ1v) is 9.32. The maximum Gasteiger partial charge on any atom is 0.260 e. The monoisotopic (exact) mass is 356 g/mol. The standard InChI is InChI=1S/C18H13FN2OS2/c19-7-8-23-18-20-16(22)15-14(10-24-17(15)21-18)13-6-5-11-3-1-2-4-12(11)9-13/h1-6,9-10H,7-8H2,(H,20,21,22). The van der Waals surface area contributed by atoms with Gasteiger partial charge in [0.1, 0.15) is 4.83 Å². The predicted octanol–water partition coefficient (Wildman–Crippen LogP) is 4.87. The average molecular weight is 356 g/mol. The first-order chi connectivity index (χ1) is 11.8. The average Bonchev–Trinajstić information content (AvgIpc) is 3.04. The summed E-state index contributed by atoms with van der Waals surface area (Å²) in [6, 6.07) is 14.3. The van der Waals surface area contributed by atoms with Crippen molar-refractivity contribution >= 4 is 44.1 Å². The molecule has 0 bridgehead atoms. The highest BCUT2D eigenvalue weighted by Crippen LogP contribution is 2.33. The molecule has 3 nitrogen and oxygen atoms in total. The number of aromatic nitrogens is 2. The van der Waals surface area contributed by atoms with E-state index in [9.17, 15) is 9.18 Å². The number of alkyl halides is 1. The van der Waals surface area contributed by atoms with Gasteiger partial charge in [-0.2, -0.15) is 0 Å². The van der Waals surface area contributed by atoms with E-state index in [-0.39, 0.29) is 11.3 Å². The Morgan fingerprint density at radius 2 is 2.00 bits per heavy atom. The molecule has 0 aliphatic carbocycles. The summed E-state index contributed by atoms with van der Waals surface area (Å²) in [5, 5.41) is 5.32. The van der Waals surface area contributed by atoms with E-state index in [4.69, 9.17) is 0 Å². The van der Waals surface area contributed by atoms with Gasteiger partial charge in [0.05, 0.1) is 12.1 Å². The van der Waals surface area contributed by atoms with Gasteiger partial charge in [0, 0.05) is 16.7 Å². The van der Waals surface area contributed by atoms with Crippen molar-refractivity contribution < 1.29 is 4.39 Å². The van der Waals surface area contributed by atoms with Gasteiger partial charge in [-0.25, -0.2) is 4.98 Å². The van der Waals surface area contributed by atoms with Crippen LogP contribution >= 0.6 is 23.1 Å². The van der Waals surface area contributed by atoms with E-state index >= 15 is 0 Å². The number of nitrogens with one attached hydrogen (secondary N) is 1. The molecule has 1 N–H and O–H groups in total. The Morgan fingerprint density at radius 1 is 1.17 bits per heavy atom. The third kappa shape index (κ3) is 2.72. The van der Waals surface area contributed by atoms with Crippen LogP contribution in [0, 0.1) is 0 Å². The first-order valence-electron chi connectivity index (χ1n) is 7.46. The SMILES string of the molecule is O=c1[nH]c(SCCF)nc2scc(-c3ccc4ccccc4c3)c12. The molecule has 0 radical (unpaired) electrons. The Bertz CT molecular complexity index is 1090. The molecule has 0 spiro atoms. The van der Waals surface area contributed by atoms with E-state index in [0.717, 1.165) is 21.9 Å². The van der Waals surface area contributed by atoms with Gasteiger partial charge in [-0.1, -0.05) is 48.2 Å². The summed E-state index contributed by atoms with van der Waals surface area (Å²) in [6.45, 7) is -0.445. The van der Waals surface area contributed by atoms with E-state index in [1.54, 1.807) is 0 Å².